The molecule has 0 amide bonds. The maximum Gasteiger partial charge on any atom is 0.335 e. The van der Waals surface area contributed by atoms with Gasteiger partial charge in [0, 0.05) is 6.20 Å². The summed E-state index contributed by atoms with van der Waals surface area (Å²) in [5.74, 6) is -0.681. The van der Waals surface area contributed by atoms with Gasteiger partial charge in [0.05, 0.1) is 17.5 Å². The maximum absolute atomic E-state index is 10.9. The highest BCUT2D eigenvalue weighted by molar-refractivity contribution is 5.92. The molecule has 6 heteroatoms. The van der Waals surface area contributed by atoms with Crippen LogP contribution in [0.2, 0.25) is 0 Å². The van der Waals surface area contributed by atoms with E-state index >= 15 is 0 Å². The van der Waals surface area contributed by atoms with Crippen LogP contribution in [-0.4, -0.2) is 26.0 Å². The lowest BCUT2D eigenvalue weighted by Gasteiger charge is -1.93. The Labute approximate surface area is 107 Å². The number of carbonyl (C=O) groups is 1. The highest BCUT2D eigenvalue weighted by atomic mass is 16.4. The minimum atomic E-state index is -1.00. The van der Waals surface area contributed by atoms with Crippen molar-refractivity contribution in [3.8, 4) is 11.6 Å². The third kappa shape index (κ3) is 2.03. The molecule has 0 spiro atoms. The molecule has 0 atom stereocenters. The summed E-state index contributed by atoms with van der Waals surface area (Å²) in [6.07, 6.45) is 3.19. The van der Waals surface area contributed by atoms with Crippen molar-refractivity contribution in [3.05, 3.63) is 41.9 Å². The molecule has 0 radical (unpaired) electrons. The summed E-state index contributed by atoms with van der Waals surface area (Å²) < 4.78 is 5.51. The molecule has 0 unspecified atom stereocenters. The molecule has 19 heavy (non-hydrogen) atoms. The third-order valence-corrected chi connectivity index (χ3v) is 2.64. The number of aromatic carboxylic acids is 1. The minimum Gasteiger partial charge on any atom is -0.478 e. The molecule has 6 nitrogen and oxygen atoms in total. The maximum atomic E-state index is 10.9. The number of carboxylic acid groups (broad SMARTS) is 1. The smallest absolute Gasteiger partial charge is 0.335 e. The van der Waals surface area contributed by atoms with Crippen LogP contribution < -0.4 is 0 Å². The molecule has 0 aliphatic heterocycles. The summed E-state index contributed by atoms with van der Waals surface area (Å²) in [6.45, 7) is 1.84. The Hall–Kier alpha value is -2.76. The molecule has 0 bridgehead atoms. The zero-order valence-electron chi connectivity index (χ0n) is 9.99. The largest absolute Gasteiger partial charge is 0.478 e. The van der Waals surface area contributed by atoms with E-state index in [1.165, 1.54) is 12.1 Å². The van der Waals surface area contributed by atoms with Gasteiger partial charge in [-0.2, -0.15) is 0 Å². The van der Waals surface area contributed by atoms with Gasteiger partial charge in [-0.25, -0.2) is 14.8 Å². The summed E-state index contributed by atoms with van der Waals surface area (Å²) in [7, 11) is 0. The van der Waals surface area contributed by atoms with Gasteiger partial charge in [0.15, 0.2) is 5.58 Å². The van der Waals surface area contributed by atoms with Crippen molar-refractivity contribution < 1.29 is 14.3 Å². The lowest BCUT2D eigenvalue weighted by molar-refractivity contribution is 0.0697. The fraction of sp³-hybridized carbons (Fsp3) is 0.0769. The molecule has 3 rings (SSSR count). The Bertz CT molecular complexity index is 762. The van der Waals surface area contributed by atoms with Crippen molar-refractivity contribution in [3.63, 3.8) is 0 Å². The first-order chi connectivity index (χ1) is 9.13. The van der Waals surface area contributed by atoms with Crippen molar-refractivity contribution in [2.75, 3.05) is 0 Å². The van der Waals surface area contributed by atoms with E-state index < -0.39 is 5.97 Å². The van der Waals surface area contributed by atoms with Gasteiger partial charge in [0.2, 0.25) is 5.89 Å². The van der Waals surface area contributed by atoms with Crippen molar-refractivity contribution in [1.29, 1.82) is 0 Å². The van der Waals surface area contributed by atoms with E-state index in [-0.39, 0.29) is 5.56 Å². The zero-order valence-corrected chi connectivity index (χ0v) is 9.99. The second-order valence-electron chi connectivity index (χ2n) is 4.05. The molecular formula is C13H9N3O3. The Morgan fingerprint density at radius 3 is 2.79 bits per heavy atom. The monoisotopic (exact) mass is 255 g/mol. The number of hydrogen-bond donors (Lipinski definition) is 1. The van der Waals surface area contributed by atoms with E-state index in [2.05, 4.69) is 15.0 Å². The average molecular weight is 255 g/mol. The Kier molecular flexibility index (Phi) is 2.49. The van der Waals surface area contributed by atoms with E-state index in [4.69, 9.17) is 9.52 Å². The van der Waals surface area contributed by atoms with Crippen LogP contribution in [0.3, 0.4) is 0 Å². The van der Waals surface area contributed by atoms with Crippen LogP contribution in [0.1, 0.15) is 16.1 Å². The Morgan fingerprint density at radius 1 is 1.26 bits per heavy atom. The van der Waals surface area contributed by atoms with Crippen LogP contribution in [0.4, 0.5) is 0 Å². The third-order valence-electron chi connectivity index (χ3n) is 2.64. The molecule has 1 aromatic carbocycles. The number of hydrogen-bond acceptors (Lipinski definition) is 5. The van der Waals surface area contributed by atoms with E-state index in [9.17, 15) is 4.79 Å². The second-order valence-corrected chi connectivity index (χ2v) is 4.05. The van der Waals surface area contributed by atoms with Gasteiger partial charge < -0.3 is 9.52 Å². The highest BCUT2D eigenvalue weighted by Crippen LogP contribution is 2.23. The number of oxazole rings is 1. The molecular weight excluding hydrogens is 246 g/mol. The van der Waals surface area contributed by atoms with E-state index in [0.717, 1.165) is 5.69 Å². The molecule has 94 valence electrons. The Balaban J connectivity index is 2.11. The van der Waals surface area contributed by atoms with Crippen LogP contribution in [0.15, 0.2) is 35.0 Å². The van der Waals surface area contributed by atoms with Crippen molar-refractivity contribution in [2.24, 2.45) is 0 Å². The minimum absolute atomic E-state index is 0.158. The number of carboxylic acids is 1. The first kappa shape index (κ1) is 11.3. The van der Waals surface area contributed by atoms with Gasteiger partial charge in [-0.05, 0) is 25.1 Å². The first-order valence-corrected chi connectivity index (χ1v) is 5.56. The Morgan fingerprint density at radius 2 is 2.11 bits per heavy atom. The normalized spacial score (nSPS) is 10.8. The number of nitrogens with zero attached hydrogens (tertiary/aromatic N) is 3. The molecule has 0 saturated carbocycles. The fourth-order valence-electron chi connectivity index (χ4n) is 1.67. The number of fused-ring (bicyclic) bond motifs is 1. The van der Waals surface area contributed by atoms with Crippen molar-refractivity contribution in [1.82, 2.24) is 15.0 Å². The predicted octanol–water partition coefficient (Wildman–Crippen LogP) is 2.29. The van der Waals surface area contributed by atoms with Crippen LogP contribution in [0.25, 0.3) is 22.7 Å². The second kappa shape index (κ2) is 4.16. The zero-order chi connectivity index (χ0) is 13.4. The molecule has 0 saturated heterocycles. The van der Waals surface area contributed by atoms with Gasteiger partial charge in [0.25, 0.3) is 0 Å². The SMILES string of the molecule is Cc1cnc(-c2nc3ccc(C(=O)O)cc3o2)cn1. The highest BCUT2D eigenvalue weighted by Gasteiger charge is 2.12. The van der Waals surface area contributed by atoms with Crippen LogP contribution >= 0.6 is 0 Å². The summed E-state index contributed by atoms with van der Waals surface area (Å²) in [5.41, 5.74) is 2.47. The van der Waals surface area contributed by atoms with Gasteiger partial charge in [-0.15, -0.1) is 0 Å². The predicted molar refractivity (Wildman–Crippen MR) is 66.7 cm³/mol. The van der Waals surface area contributed by atoms with Crippen LogP contribution in [0, 0.1) is 6.92 Å². The van der Waals surface area contributed by atoms with Gasteiger partial charge in [0.1, 0.15) is 11.2 Å². The fourth-order valence-corrected chi connectivity index (χ4v) is 1.67. The lowest BCUT2D eigenvalue weighted by atomic mass is 10.2. The summed E-state index contributed by atoms with van der Waals surface area (Å²) in [4.78, 5) is 23.4. The quantitative estimate of drug-likeness (QED) is 0.755. The molecule has 2 aromatic heterocycles. The van der Waals surface area contributed by atoms with Crippen molar-refractivity contribution in [2.45, 2.75) is 6.92 Å². The van der Waals surface area contributed by atoms with Gasteiger partial charge in [-0.1, -0.05) is 0 Å². The molecule has 0 aliphatic carbocycles. The average Bonchev–Trinajstić information content (AvgIpc) is 2.82. The summed E-state index contributed by atoms with van der Waals surface area (Å²) in [5, 5.41) is 8.91. The lowest BCUT2D eigenvalue weighted by Crippen LogP contribution is -1.94. The van der Waals surface area contributed by atoms with Gasteiger partial charge in [-0.3, -0.25) is 4.98 Å². The van der Waals surface area contributed by atoms with E-state index in [0.29, 0.717) is 22.7 Å². The van der Waals surface area contributed by atoms with E-state index in [1.54, 1.807) is 18.5 Å². The van der Waals surface area contributed by atoms with Crippen LogP contribution in [-0.2, 0) is 0 Å². The summed E-state index contributed by atoms with van der Waals surface area (Å²) in [6, 6.07) is 4.53. The van der Waals surface area contributed by atoms with E-state index in [1.807, 2.05) is 6.92 Å². The molecule has 0 aliphatic rings. The molecule has 1 N–H and O–H groups in total. The first-order valence-electron chi connectivity index (χ1n) is 5.56. The summed E-state index contributed by atoms with van der Waals surface area (Å²) >= 11 is 0. The van der Waals surface area contributed by atoms with Crippen LogP contribution in [0.5, 0.6) is 0 Å². The molecule has 3 aromatic rings. The van der Waals surface area contributed by atoms with Crippen molar-refractivity contribution >= 4 is 17.1 Å². The standard InChI is InChI=1S/C13H9N3O3/c1-7-5-15-10(6-14-7)12-16-9-3-2-8(13(17)18)4-11(9)19-12/h2-6H,1H3,(H,17,18). The topological polar surface area (TPSA) is 89.1 Å². The molecule has 2 heterocycles. The number of aromatic nitrogens is 3. The number of benzene rings is 1. The molecule has 0 fully saturated rings. The number of aryl methyl sites for hydroxylation is 1. The number of rotatable bonds is 2. The van der Waals surface area contributed by atoms with Gasteiger partial charge >= 0.3 is 5.97 Å².